The maximum atomic E-state index is 12.6. The van der Waals surface area contributed by atoms with Crippen LogP contribution in [0.4, 0.5) is 18.9 Å². The number of esters is 1. The summed E-state index contributed by atoms with van der Waals surface area (Å²) in [5, 5.41) is 2.56. The Morgan fingerprint density at radius 1 is 1.12 bits per heavy atom. The van der Waals surface area contributed by atoms with Crippen LogP contribution in [-0.2, 0) is 20.5 Å². The largest absolute Gasteiger partial charge is 0.452 e. The van der Waals surface area contributed by atoms with Crippen molar-refractivity contribution in [2.24, 2.45) is 0 Å². The summed E-state index contributed by atoms with van der Waals surface area (Å²) in [5.41, 5.74) is 0.983. The number of amides is 1. The van der Waals surface area contributed by atoms with E-state index in [1.807, 2.05) is 19.1 Å². The molecule has 1 amide bonds. The smallest absolute Gasteiger partial charge is 0.416 e. The van der Waals surface area contributed by atoms with Crippen molar-refractivity contribution >= 4 is 23.6 Å². The second kappa shape index (κ2) is 8.33. The summed E-state index contributed by atoms with van der Waals surface area (Å²) in [6.07, 6.45) is -2.30. The Labute approximate surface area is 148 Å². The molecule has 0 aliphatic rings. The van der Waals surface area contributed by atoms with E-state index in [-0.39, 0.29) is 5.56 Å². The molecule has 0 fully saturated rings. The lowest BCUT2D eigenvalue weighted by Crippen LogP contribution is -2.20. The van der Waals surface area contributed by atoms with Gasteiger partial charge in [0.05, 0.1) is 5.56 Å². The van der Waals surface area contributed by atoms with Crippen molar-refractivity contribution in [3.63, 3.8) is 0 Å². The zero-order valence-electron chi connectivity index (χ0n) is 13.8. The number of carbonyl (C=O) groups excluding carboxylic acids is 2. The van der Waals surface area contributed by atoms with Crippen LogP contribution in [0.1, 0.15) is 16.7 Å². The molecule has 0 aromatic heterocycles. The van der Waals surface area contributed by atoms with Crippen molar-refractivity contribution in [3.05, 3.63) is 71.3 Å². The van der Waals surface area contributed by atoms with Crippen LogP contribution in [0.5, 0.6) is 0 Å². The predicted molar refractivity (Wildman–Crippen MR) is 91.2 cm³/mol. The minimum Gasteiger partial charge on any atom is -0.452 e. The Hall–Kier alpha value is -3.09. The fourth-order valence-corrected chi connectivity index (χ4v) is 2.00. The van der Waals surface area contributed by atoms with Crippen molar-refractivity contribution in [2.45, 2.75) is 13.1 Å². The van der Waals surface area contributed by atoms with Crippen LogP contribution < -0.4 is 5.32 Å². The average molecular weight is 363 g/mol. The molecule has 2 aromatic carbocycles. The number of ether oxygens (including phenoxy) is 1. The molecular weight excluding hydrogens is 347 g/mol. The van der Waals surface area contributed by atoms with Crippen LogP contribution >= 0.6 is 0 Å². The Kier molecular flexibility index (Phi) is 6.16. The number of benzene rings is 2. The molecule has 0 unspecified atom stereocenters. The molecule has 0 heterocycles. The number of rotatable bonds is 5. The van der Waals surface area contributed by atoms with Gasteiger partial charge in [0.1, 0.15) is 0 Å². The zero-order valence-corrected chi connectivity index (χ0v) is 13.8. The van der Waals surface area contributed by atoms with E-state index in [1.54, 1.807) is 12.1 Å². The van der Waals surface area contributed by atoms with Crippen molar-refractivity contribution in [2.75, 3.05) is 11.9 Å². The number of nitrogens with one attached hydrogen (secondary N) is 1. The van der Waals surface area contributed by atoms with E-state index in [0.29, 0.717) is 5.69 Å². The summed E-state index contributed by atoms with van der Waals surface area (Å²) < 4.78 is 42.6. The van der Waals surface area contributed by atoms with E-state index >= 15 is 0 Å². The summed E-state index contributed by atoms with van der Waals surface area (Å²) in [6, 6.07) is 11.6. The van der Waals surface area contributed by atoms with Crippen LogP contribution in [0, 0.1) is 6.92 Å². The Morgan fingerprint density at radius 2 is 1.81 bits per heavy atom. The van der Waals surface area contributed by atoms with E-state index in [4.69, 9.17) is 4.74 Å². The molecule has 4 nitrogen and oxygen atoms in total. The van der Waals surface area contributed by atoms with Crippen molar-refractivity contribution < 1.29 is 27.5 Å². The molecule has 1 N–H and O–H groups in total. The Bertz CT molecular complexity index is 812. The lowest BCUT2D eigenvalue weighted by molar-refractivity contribution is -0.142. The highest BCUT2D eigenvalue weighted by atomic mass is 19.4. The second-order valence-electron chi connectivity index (χ2n) is 5.48. The number of halogens is 3. The Morgan fingerprint density at radius 3 is 2.46 bits per heavy atom. The van der Waals surface area contributed by atoms with Gasteiger partial charge in [-0.1, -0.05) is 29.8 Å². The van der Waals surface area contributed by atoms with Gasteiger partial charge in [-0.25, -0.2) is 4.79 Å². The molecule has 0 aliphatic heterocycles. The highest BCUT2D eigenvalue weighted by Gasteiger charge is 2.30. The summed E-state index contributed by atoms with van der Waals surface area (Å²) in [6.45, 7) is 1.41. The predicted octanol–water partition coefficient (Wildman–Crippen LogP) is 4.21. The molecule has 0 aliphatic carbocycles. The molecule has 2 aromatic rings. The van der Waals surface area contributed by atoms with Gasteiger partial charge in [0.15, 0.2) is 6.61 Å². The average Bonchev–Trinajstić information content (AvgIpc) is 2.60. The minimum atomic E-state index is -4.46. The molecule has 2 rings (SSSR count). The molecule has 0 bridgehead atoms. The van der Waals surface area contributed by atoms with Gasteiger partial charge >= 0.3 is 12.1 Å². The fraction of sp³-hybridized carbons (Fsp3) is 0.158. The normalized spacial score (nSPS) is 11.4. The van der Waals surface area contributed by atoms with Crippen molar-refractivity contribution in [1.29, 1.82) is 0 Å². The van der Waals surface area contributed by atoms with Gasteiger partial charge in [-0.3, -0.25) is 4.79 Å². The number of aryl methyl sites for hydroxylation is 1. The first-order valence-corrected chi connectivity index (χ1v) is 7.62. The number of carbonyl (C=O) groups is 2. The van der Waals surface area contributed by atoms with Crippen LogP contribution in [0.15, 0.2) is 54.6 Å². The van der Waals surface area contributed by atoms with E-state index in [9.17, 15) is 22.8 Å². The van der Waals surface area contributed by atoms with Gasteiger partial charge < -0.3 is 10.1 Å². The molecule has 26 heavy (non-hydrogen) atoms. The topological polar surface area (TPSA) is 55.4 Å². The minimum absolute atomic E-state index is 0.195. The van der Waals surface area contributed by atoms with Crippen LogP contribution in [-0.4, -0.2) is 18.5 Å². The molecule has 0 saturated heterocycles. The molecule has 0 atom stereocenters. The van der Waals surface area contributed by atoms with Crippen LogP contribution in [0.3, 0.4) is 0 Å². The van der Waals surface area contributed by atoms with E-state index in [1.165, 1.54) is 18.2 Å². The number of alkyl halides is 3. The standard InChI is InChI=1S/C19H16F3NO3/c1-13-5-8-16(9-6-13)23-17(24)12-26-18(25)10-7-14-3-2-4-15(11-14)19(20,21)22/h2-11H,12H2,1H3,(H,23,24)/b10-7+. The van der Waals surface area contributed by atoms with Gasteiger partial charge in [0.2, 0.25) is 0 Å². The third-order valence-electron chi connectivity index (χ3n) is 3.31. The van der Waals surface area contributed by atoms with Crippen LogP contribution in [0.25, 0.3) is 6.08 Å². The molecule has 7 heteroatoms. The molecule has 0 radical (unpaired) electrons. The first-order chi connectivity index (χ1) is 12.2. The first kappa shape index (κ1) is 19.2. The summed E-state index contributed by atoms with van der Waals surface area (Å²) in [4.78, 5) is 23.3. The SMILES string of the molecule is Cc1ccc(NC(=O)COC(=O)/C=C/c2cccc(C(F)(F)F)c2)cc1. The van der Waals surface area contributed by atoms with Gasteiger partial charge in [0.25, 0.3) is 5.91 Å². The maximum Gasteiger partial charge on any atom is 0.416 e. The van der Waals surface area contributed by atoms with Gasteiger partial charge in [-0.2, -0.15) is 13.2 Å². The lowest BCUT2D eigenvalue weighted by atomic mass is 10.1. The lowest BCUT2D eigenvalue weighted by Gasteiger charge is -2.07. The summed E-state index contributed by atoms with van der Waals surface area (Å²) >= 11 is 0. The van der Waals surface area contributed by atoms with Gasteiger partial charge in [0, 0.05) is 11.8 Å². The molecule has 0 spiro atoms. The highest BCUT2D eigenvalue weighted by Crippen LogP contribution is 2.29. The third-order valence-corrected chi connectivity index (χ3v) is 3.31. The molecule has 136 valence electrons. The summed E-state index contributed by atoms with van der Waals surface area (Å²) in [5.74, 6) is -1.35. The quantitative estimate of drug-likeness (QED) is 0.640. The zero-order chi connectivity index (χ0) is 19.2. The number of hydrogen-bond acceptors (Lipinski definition) is 3. The van der Waals surface area contributed by atoms with Crippen molar-refractivity contribution in [1.82, 2.24) is 0 Å². The second-order valence-corrected chi connectivity index (χ2v) is 5.48. The van der Waals surface area contributed by atoms with Gasteiger partial charge in [-0.15, -0.1) is 0 Å². The van der Waals surface area contributed by atoms with Gasteiger partial charge in [-0.05, 0) is 42.8 Å². The monoisotopic (exact) mass is 363 g/mol. The maximum absolute atomic E-state index is 12.6. The number of anilines is 1. The number of hydrogen-bond donors (Lipinski definition) is 1. The van der Waals surface area contributed by atoms with Crippen LogP contribution in [0.2, 0.25) is 0 Å². The summed E-state index contributed by atoms with van der Waals surface area (Å²) in [7, 11) is 0. The first-order valence-electron chi connectivity index (χ1n) is 7.62. The van der Waals surface area contributed by atoms with E-state index < -0.39 is 30.2 Å². The van der Waals surface area contributed by atoms with E-state index in [2.05, 4.69) is 5.32 Å². The molecular formula is C19H16F3NO3. The molecule has 0 saturated carbocycles. The highest BCUT2D eigenvalue weighted by molar-refractivity contribution is 5.94. The third kappa shape index (κ3) is 6.08. The van der Waals surface area contributed by atoms with E-state index in [0.717, 1.165) is 23.8 Å². The fourth-order valence-electron chi connectivity index (χ4n) is 2.00. The van der Waals surface area contributed by atoms with Crippen molar-refractivity contribution in [3.8, 4) is 0 Å². The Balaban J connectivity index is 1.85.